The fraction of sp³-hybridized carbons (Fsp3) is 0.136. The molecule has 0 atom stereocenters. The van der Waals surface area contributed by atoms with Crippen LogP contribution in [0.5, 0.6) is 11.5 Å². The molecule has 0 bridgehead atoms. The van der Waals surface area contributed by atoms with Gasteiger partial charge in [0.05, 0.1) is 0 Å². The number of carboxylic acid groups (broad SMARTS) is 2. The third-order valence-corrected chi connectivity index (χ3v) is 3.30. The fourth-order valence-electron chi connectivity index (χ4n) is 1.95. The highest BCUT2D eigenvalue weighted by Gasteiger charge is 2.02. The van der Waals surface area contributed by atoms with Crippen molar-refractivity contribution in [1.29, 1.82) is 0 Å². The van der Waals surface area contributed by atoms with Gasteiger partial charge in [0, 0.05) is 18.6 Å². The lowest BCUT2D eigenvalue weighted by Crippen LogP contribution is -2.06. The molecule has 0 amide bonds. The number of ether oxygens (including phenoxy) is 1. The van der Waals surface area contributed by atoms with Crippen LogP contribution < -0.4 is 4.74 Å². The molecule has 0 unspecified atom stereocenters. The number of benzene rings is 2. The SMILES string of the molecule is CCCC(=O)Oc1ccc(/C=C/C(=O)O)cc1.O=C(O)/C=C/c1ccc(O)cc1.O=S(=O)(O)O. The summed E-state index contributed by atoms with van der Waals surface area (Å²) >= 11 is 0. The first-order valence-electron chi connectivity index (χ1n) is 9.41. The molecule has 2 rings (SSSR count). The van der Waals surface area contributed by atoms with Crippen molar-refractivity contribution in [3.8, 4) is 11.5 Å². The first kappa shape index (κ1) is 30.0. The van der Waals surface area contributed by atoms with Crippen LogP contribution >= 0.6 is 0 Å². The fourth-order valence-corrected chi connectivity index (χ4v) is 1.95. The summed E-state index contributed by atoms with van der Waals surface area (Å²) < 4.78 is 36.6. The number of carbonyl (C=O) groups excluding carboxylic acids is 1. The summed E-state index contributed by atoms with van der Waals surface area (Å²) in [5, 5.41) is 25.6. The number of phenols is 1. The monoisotopic (exact) mass is 496 g/mol. The largest absolute Gasteiger partial charge is 0.508 e. The number of aromatic hydroxyl groups is 1. The first-order valence-corrected chi connectivity index (χ1v) is 10.8. The smallest absolute Gasteiger partial charge is 0.394 e. The molecule has 0 aliphatic carbocycles. The quantitative estimate of drug-likeness (QED) is 0.163. The lowest BCUT2D eigenvalue weighted by Gasteiger charge is -2.03. The number of hydrogen-bond acceptors (Lipinski definition) is 7. The minimum absolute atomic E-state index is 0.169. The molecule has 11 nitrogen and oxygen atoms in total. The molecule has 0 saturated heterocycles. The molecule has 0 fully saturated rings. The molecule has 0 saturated carbocycles. The van der Waals surface area contributed by atoms with Crippen molar-refractivity contribution in [1.82, 2.24) is 0 Å². The Kier molecular flexibility index (Phi) is 13.9. The second-order valence-electron chi connectivity index (χ2n) is 6.18. The molecular formula is C22H24O11S. The van der Waals surface area contributed by atoms with Gasteiger partial charge in [-0.2, -0.15) is 8.42 Å². The van der Waals surface area contributed by atoms with Crippen LogP contribution in [0.1, 0.15) is 30.9 Å². The Bertz CT molecular complexity index is 1080. The zero-order valence-corrected chi connectivity index (χ0v) is 18.8. The van der Waals surface area contributed by atoms with Crippen molar-refractivity contribution in [2.75, 3.05) is 0 Å². The molecule has 2 aromatic rings. The first-order chi connectivity index (χ1) is 15.8. The van der Waals surface area contributed by atoms with Crippen LogP contribution in [0, 0.1) is 0 Å². The molecular weight excluding hydrogens is 472 g/mol. The topological polar surface area (TPSA) is 196 Å². The van der Waals surface area contributed by atoms with E-state index in [2.05, 4.69) is 0 Å². The van der Waals surface area contributed by atoms with Crippen LogP contribution in [-0.4, -0.2) is 50.8 Å². The van der Waals surface area contributed by atoms with E-state index in [0.717, 1.165) is 29.7 Å². The van der Waals surface area contributed by atoms with E-state index in [-0.39, 0.29) is 11.7 Å². The second-order valence-corrected chi connectivity index (χ2v) is 7.07. The van der Waals surface area contributed by atoms with Crippen molar-refractivity contribution in [2.45, 2.75) is 19.8 Å². The zero-order chi connectivity index (χ0) is 26.1. The lowest BCUT2D eigenvalue weighted by molar-refractivity contribution is -0.134. The lowest BCUT2D eigenvalue weighted by atomic mass is 10.2. The van der Waals surface area contributed by atoms with E-state index < -0.39 is 22.3 Å². The van der Waals surface area contributed by atoms with Gasteiger partial charge in [-0.05, 0) is 54.0 Å². The van der Waals surface area contributed by atoms with E-state index in [1.807, 2.05) is 6.92 Å². The summed E-state index contributed by atoms with van der Waals surface area (Å²) in [6, 6.07) is 12.9. The average molecular weight is 496 g/mol. The highest BCUT2D eigenvalue weighted by atomic mass is 32.3. The highest BCUT2D eigenvalue weighted by Crippen LogP contribution is 2.14. The van der Waals surface area contributed by atoms with Crippen molar-refractivity contribution in [2.24, 2.45) is 0 Å². The van der Waals surface area contributed by atoms with E-state index >= 15 is 0 Å². The molecule has 2 aromatic carbocycles. The molecule has 0 aromatic heterocycles. The second kappa shape index (κ2) is 15.7. The number of carboxylic acids is 2. The summed E-state index contributed by atoms with van der Waals surface area (Å²) in [5.74, 6) is -1.61. The molecule has 12 heteroatoms. The molecule has 5 N–H and O–H groups in total. The van der Waals surface area contributed by atoms with Crippen molar-refractivity contribution in [3.63, 3.8) is 0 Å². The van der Waals surface area contributed by atoms with Crippen molar-refractivity contribution in [3.05, 3.63) is 71.8 Å². The Labute approximate surface area is 195 Å². The van der Waals surface area contributed by atoms with Crippen molar-refractivity contribution >= 4 is 40.5 Å². The predicted octanol–water partition coefficient (Wildman–Crippen LogP) is 3.33. The number of aliphatic carboxylic acids is 2. The standard InChI is InChI=1S/C13H14O4.C9H8O3.H2O4S/c1-2-3-13(16)17-11-7-4-10(5-8-11)6-9-12(14)15;10-8-4-1-7(2-5-8)3-6-9(11)12;1-5(2,3)4/h4-9H,2-3H2,1H3,(H,14,15);1-6,10H,(H,11,12);(H2,1,2,3,4)/b9-6+;6-3+;. The number of phenolic OH excluding ortho intramolecular Hbond substituents is 1. The predicted molar refractivity (Wildman–Crippen MR) is 123 cm³/mol. The van der Waals surface area contributed by atoms with Gasteiger partial charge in [0.15, 0.2) is 0 Å². The summed E-state index contributed by atoms with van der Waals surface area (Å²) in [6.45, 7) is 1.90. The number of hydrogen-bond donors (Lipinski definition) is 5. The number of rotatable bonds is 7. The van der Waals surface area contributed by atoms with E-state index in [9.17, 15) is 14.4 Å². The van der Waals surface area contributed by atoms with E-state index in [1.54, 1.807) is 36.4 Å². The molecule has 0 aliphatic heterocycles. The van der Waals surface area contributed by atoms with Gasteiger partial charge in [-0.15, -0.1) is 0 Å². The Morgan fingerprint density at radius 3 is 1.56 bits per heavy atom. The summed E-state index contributed by atoms with van der Waals surface area (Å²) in [5.41, 5.74) is 1.48. The summed E-state index contributed by atoms with van der Waals surface area (Å²) in [4.78, 5) is 31.6. The molecule has 34 heavy (non-hydrogen) atoms. The Balaban J connectivity index is 0.000000556. The normalized spacial score (nSPS) is 10.6. The number of carbonyl (C=O) groups is 3. The van der Waals surface area contributed by atoms with Gasteiger partial charge in [0.2, 0.25) is 0 Å². The Morgan fingerprint density at radius 1 is 0.824 bits per heavy atom. The van der Waals surface area contributed by atoms with Crippen LogP contribution in [0.15, 0.2) is 60.7 Å². The van der Waals surface area contributed by atoms with Crippen molar-refractivity contribution < 1.29 is 52.0 Å². The van der Waals surface area contributed by atoms with Crippen LogP contribution in [0.3, 0.4) is 0 Å². The highest BCUT2D eigenvalue weighted by molar-refractivity contribution is 7.79. The molecule has 0 spiro atoms. The maximum absolute atomic E-state index is 11.2. The van der Waals surface area contributed by atoms with Gasteiger partial charge >= 0.3 is 28.3 Å². The third kappa shape index (κ3) is 18.7. The molecule has 184 valence electrons. The number of esters is 1. The van der Waals surface area contributed by atoms with Crippen LogP contribution in [0.4, 0.5) is 0 Å². The van der Waals surface area contributed by atoms with Gasteiger partial charge in [-0.25, -0.2) is 9.59 Å². The summed E-state index contributed by atoms with van der Waals surface area (Å²) in [7, 11) is -4.67. The minimum atomic E-state index is -4.67. The summed E-state index contributed by atoms with van der Waals surface area (Å²) in [6.07, 6.45) is 6.17. The van der Waals surface area contributed by atoms with Crippen LogP contribution in [0.2, 0.25) is 0 Å². The average Bonchev–Trinajstić information content (AvgIpc) is 2.72. The molecule has 0 radical (unpaired) electrons. The zero-order valence-electron chi connectivity index (χ0n) is 17.9. The maximum atomic E-state index is 11.2. The van der Waals surface area contributed by atoms with Crippen LogP contribution in [0.25, 0.3) is 12.2 Å². The molecule has 0 aliphatic rings. The Morgan fingerprint density at radius 2 is 1.21 bits per heavy atom. The van der Waals surface area contributed by atoms with E-state index in [0.29, 0.717) is 12.2 Å². The van der Waals surface area contributed by atoms with Gasteiger partial charge in [-0.1, -0.05) is 31.2 Å². The van der Waals surface area contributed by atoms with Crippen LogP contribution in [-0.2, 0) is 24.8 Å². The third-order valence-electron chi connectivity index (χ3n) is 3.30. The van der Waals surface area contributed by atoms with Gasteiger partial charge < -0.3 is 20.1 Å². The Hall–Kier alpha value is -4.00. The van der Waals surface area contributed by atoms with Gasteiger partial charge in [0.25, 0.3) is 0 Å². The van der Waals surface area contributed by atoms with E-state index in [1.165, 1.54) is 24.3 Å². The maximum Gasteiger partial charge on any atom is 0.394 e. The minimum Gasteiger partial charge on any atom is -0.508 e. The molecule has 0 heterocycles. The van der Waals surface area contributed by atoms with Gasteiger partial charge in [0.1, 0.15) is 11.5 Å². The van der Waals surface area contributed by atoms with E-state index in [4.69, 9.17) is 37.6 Å². The van der Waals surface area contributed by atoms with Gasteiger partial charge in [-0.3, -0.25) is 13.9 Å².